The SMILES string of the molecule is Cc1ccc(-c2ccc(C)c(O)c2)cc1O.Cc1ccc(-c2ccc(C)cc2C(F)(F)F)c(C)c1.Cc1ccc(C2(c3ccc(C)cc3)c3ccccc3-c3ccccc32)cc1. The zero-order valence-electron chi connectivity index (χ0n) is 36.2. The van der Waals surface area contributed by atoms with Crippen LogP contribution in [0.3, 0.4) is 0 Å². The quantitative estimate of drug-likeness (QED) is 0.186. The van der Waals surface area contributed by atoms with Crippen LogP contribution in [-0.2, 0) is 11.6 Å². The molecule has 0 spiro atoms. The van der Waals surface area contributed by atoms with Gasteiger partial charge in [0, 0.05) is 0 Å². The first-order valence-electron chi connectivity index (χ1n) is 20.8. The molecule has 0 atom stereocenters. The summed E-state index contributed by atoms with van der Waals surface area (Å²) in [6.07, 6.45) is -4.33. The van der Waals surface area contributed by atoms with Crippen molar-refractivity contribution in [2.75, 3.05) is 0 Å². The van der Waals surface area contributed by atoms with Gasteiger partial charge < -0.3 is 10.2 Å². The Hall–Kier alpha value is -6.85. The largest absolute Gasteiger partial charge is 0.508 e. The number of halogens is 3. The van der Waals surface area contributed by atoms with E-state index >= 15 is 0 Å². The first-order chi connectivity index (χ1) is 29.6. The third kappa shape index (κ3) is 8.67. The van der Waals surface area contributed by atoms with Gasteiger partial charge in [-0.05, 0) is 139 Å². The maximum absolute atomic E-state index is 13.1. The van der Waals surface area contributed by atoms with Crippen molar-refractivity contribution < 1.29 is 23.4 Å². The monoisotopic (exact) mass is 824 g/mol. The van der Waals surface area contributed by atoms with Crippen molar-refractivity contribution in [1.82, 2.24) is 0 Å². The molecule has 0 aliphatic heterocycles. The van der Waals surface area contributed by atoms with Crippen LogP contribution in [0.25, 0.3) is 33.4 Å². The lowest BCUT2D eigenvalue weighted by Crippen LogP contribution is -2.28. The molecule has 0 bridgehead atoms. The van der Waals surface area contributed by atoms with Crippen molar-refractivity contribution in [2.45, 2.75) is 60.1 Å². The molecule has 1 aliphatic carbocycles. The van der Waals surface area contributed by atoms with E-state index in [0.717, 1.165) is 33.4 Å². The van der Waals surface area contributed by atoms with Crippen molar-refractivity contribution in [1.29, 1.82) is 0 Å². The van der Waals surface area contributed by atoms with E-state index in [1.807, 2.05) is 64.1 Å². The lowest BCUT2D eigenvalue weighted by atomic mass is 9.67. The van der Waals surface area contributed by atoms with Crippen molar-refractivity contribution in [3.05, 3.63) is 237 Å². The number of alkyl halides is 3. The summed E-state index contributed by atoms with van der Waals surface area (Å²) < 4.78 is 39.4. The number of aryl methyl sites for hydroxylation is 7. The zero-order valence-corrected chi connectivity index (χ0v) is 36.2. The van der Waals surface area contributed by atoms with Crippen LogP contribution in [-0.4, -0.2) is 10.2 Å². The Morgan fingerprint density at radius 2 is 0.774 bits per heavy atom. The second-order valence-corrected chi connectivity index (χ2v) is 16.4. The summed E-state index contributed by atoms with van der Waals surface area (Å²) in [4.78, 5) is 0. The van der Waals surface area contributed by atoms with Crippen molar-refractivity contribution in [3.63, 3.8) is 0 Å². The lowest BCUT2D eigenvalue weighted by molar-refractivity contribution is -0.137. The average Bonchev–Trinajstić information content (AvgIpc) is 3.55. The third-order valence-electron chi connectivity index (χ3n) is 11.8. The van der Waals surface area contributed by atoms with Crippen LogP contribution in [0.15, 0.2) is 170 Å². The number of phenolic OH excluding ortho intramolecular Hbond substituents is 2. The van der Waals surface area contributed by atoms with Crippen LogP contribution in [0.5, 0.6) is 11.5 Å². The van der Waals surface area contributed by atoms with Crippen LogP contribution in [0, 0.1) is 48.5 Å². The summed E-state index contributed by atoms with van der Waals surface area (Å²) in [5.41, 5.74) is 16.7. The second kappa shape index (κ2) is 17.6. The number of rotatable bonds is 4. The maximum atomic E-state index is 13.1. The maximum Gasteiger partial charge on any atom is 0.417 e. The van der Waals surface area contributed by atoms with Gasteiger partial charge in [-0.25, -0.2) is 0 Å². The van der Waals surface area contributed by atoms with Crippen molar-refractivity contribution in [2.24, 2.45) is 0 Å². The fourth-order valence-corrected chi connectivity index (χ4v) is 8.45. The van der Waals surface area contributed by atoms with Gasteiger partial charge in [0.25, 0.3) is 0 Å². The minimum Gasteiger partial charge on any atom is -0.508 e. The van der Waals surface area contributed by atoms with E-state index < -0.39 is 11.7 Å². The normalized spacial score (nSPS) is 12.3. The van der Waals surface area contributed by atoms with E-state index in [2.05, 4.69) is 111 Å². The number of hydrogen-bond acceptors (Lipinski definition) is 2. The van der Waals surface area contributed by atoms with Gasteiger partial charge in [0.2, 0.25) is 0 Å². The van der Waals surface area contributed by atoms with Crippen molar-refractivity contribution in [3.8, 4) is 44.9 Å². The molecule has 0 saturated carbocycles. The van der Waals surface area contributed by atoms with E-state index in [-0.39, 0.29) is 22.5 Å². The zero-order chi connectivity index (χ0) is 44.3. The highest BCUT2D eigenvalue weighted by Crippen LogP contribution is 2.56. The molecule has 8 aromatic carbocycles. The summed E-state index contributed by atoms with van der Waals surface area (Å²) >= 11 is 0. The highest BCUT2D eigenvalue weighted by atomic mass is 19.4. The summed E-state index contributed by atoms with van der Waals surface area (Å²) in [7, 11) is 0. The van der Waals surface area contributed by atoms with Gasteiger partial charge >= 0.3 is 6.18 Å². The molecule has 2 N–H and O–H groups in total. The predicted octanol–water partition coefficient (Wildman–Crippen LogP) is 15.3. The van der Waals surface area contributed by atoms with E-state index in [0.29, 0.717) is 11.1 Å². The molecule has 5 heteroatoms. The fraction of sp³-hybridized carbons (Fsp3) is 0.158. The Kier molecular flexibility index (Phi) is 12.3. The van der Waals surface area contributed by atoms with E-state index in [4.69, 9.17) is 0 Å². The molecule has 0 unspecified atom stereocenters. The second-order valence-electron chi connectivity index (χ2n) is 16.4. The van der Waals surface area contributed by atoms with Crippen LogP contribution in [0.1, 0.15) is 66.8 Å². The summed E-state index contributed by atoms with van der Waals surface area (Å²) in [5, 5.41) is 19.2. The Balaban J connectivity index is 0.000000146. The third-order valence-corrected chi connectivity index (χ3v) is 11.8. The lowest BCUT2D eigenvalue weighted by Gasteiger charge is -2.34. The average molecular weight is 825 g/mol. The van der Waals surface area contributed by atoms with Gasteiger partial charge in [0.15, 0.2) is 0 Å². The van der Waals surface area contributed by atoms with Gasteiger partial charge in [-0.1, -0.05) is 174 Å². The molecule has 0 heterocycles. The molecule has 0 aromatic heterocycles. The summed E-state index contributed by atoms with van der Waals surface area (Å²) in [6.45, 7) is 13.4. The smallest absolute Gasteiger partial charge is 0.417 e. The van der Waals surface area contributed by atoms with E-state index in [1.54, 1.807) is 37.3 Å². The van der Waals surface area contributed by atoms with Crippen molar-refractivity contribution >= 4 is 0 Å². The first kappa shape index (κ1) is 43.2. The molecule has 2 nitrogen and oxygen atoms in total. The first-order valence-corrected chi connectivity index (χ1v) is 20.8. The predicted molar refractivity (Wildman–Crippen MR) is 249 cm³/mol. The standard InChI is InChI=1S/C27H22.C16H15F3.C14H14O2/c1-19-11-15-21(16-12-19)27(22-17-13-20(2)14-18-22)25-9-5-3-7-23(25)24-8-4-6-10-26(24)27;1-10-4-6-13(12(3)8-10)14-7-5-11(2)9-15(14)16(17,18)19;1-9-3-5-11(7-13(9)15)12-6-4-10(2)14(16)8-12/h3-18H,1-2H3;4-9H,1-3H3;3-8,15-16H,1-2H3. The molecule has 0 fully saturated rings. The summed E-state index contributed by atoms with van der Waals surface area (Å²) in [6, 6.07) is 56.8. The highest BCUT2D eigenvalue weighted by molar-refractivity contribution is 5.86. The number of benzene rings is 8. The molecular formula is C57H51F3O2. The molecular weight excluding hydrogens is 774 g/mol. The Bertz CT molecular complexity index is 2730. The minimum atomic E-state index is -4.33. The number of phenols is 2. The number of hydrogen-bond donors (Lipinski definition) is 2. The highest BCUT2D eigenvalue weighted by Gasteiger charge is 2.45. The number of fused-ring (bicyclic) bond motifs is 3. The molecule has 0 saturated heterocycles. The van der Waals surface area contributed by atoms with Gasteiger partial charge in [0.05, 0.1) is 11.0 Å². The van der Waals surface area contributed by atoms with Gasteiger partial charge in [-0.3, -0.25) is 0 Å². The van der Waals surface area contributed by atoms with Crippen LogP contribution in [0.2, 0.25) is 0 Å². The van der Waals surface area contributed by atoms with Gasteiger partial charge in [-0.2, -0.15) is 13.2 Å². The topological polar surface area (TPSA) is 40.5 Å². The molecule has 0 amide bonds. The van der Waals surface area contributed by atoms with Crippen LogP contribution in [0.4, 0.5) is 13.2 Å². The molecule has 312 valence electrons. The Morgan fingerprint density at radius 1 is 0.371 bits per heavy atom. The molecule has 0 radical (unpaired) electrons. The van der Waals surface area contributed by atoms with Crippen LogP contribution < -0.4 is 0 Å². The van der Waals surface area contributed by atoms with Crippen LogP contribution >= 0.6 is 0 Å². The van der Waals surface area contributed by atoms with E-state index in [1.165, 1.54) is 50.6 Å². The molecule has 62 heavy (non-hydrogen) atoms. The van der Waals surface area contributed by atoms with E-state index in [9.17, 15) is 23.4 Å². The fourth-order valence-electron chi connectivity index (χ4n) is 8.45. The van der Waals surface area contributed by atoms with Gasteiger partial charge in [0.1, 0.15) is 11.5 Å². The summed E-state index contributed by atoms with van der Waals surface area (Å²) in [5.74, 6) is 0.551. The van der Waals surface area contributed by atoms with Gasteiger partial charge in [-0.15, -0.1) is 0 Å². The number of aromatic hydroxyl groups is 2. The minimum absolute atomic E-state index is 0.246. The molecule has 9 rings (SSSR count). The molecule has 8 aromatic rings. The molecule has 1 aliphatic rings. The Labute approximate surface area is 363 Å². The Morgan fingerprint density at radius 3 is 1.19 bits per heavy atom.